The molecule has 1 aromatic carbocycles. The van der Waals surface area contributed by atoms with Gasteiger partial charge in [-0.3, -0.25) is 14.4 Å². The van der Waals surface area contributed by atoms with E-state index in [4.69, 9.17) is 5.73 Å². The third-order valence-corrected chi connectivity index (χ3v) is 5.80. The molecule has 2 aromatic rings. The van der Waals surface area contributed by atoms with E-state index in [-0.39, 0.29) is 17.8 Å². The van der Waals surface area contributed by atoms with E-state index >= 15 is 0 Å². The third-order valence-electron chi connectivity index (χ3n) is 5.80. The highest BCUT2D eigenvalue weighted by atomic mass is 16.1. The van der Waals surface area contributed by atoms with Crippen molar-refractivity contribution in [2.45, 2.75) is 44.8 Å². The number of amides is 1. The van der Waals surface area contributed by atoms with Crippen molar-refractivity contribution >= 4 is 17.7 Å². The van der Waals surface area contributed by atoms with Gasteiger partial charge in [0.1, 0.15) is 5.82 Å². The number of allylic oxidation sites excluding steroid dienone is 1. The van der Waals surface area contributed by atoms with E-state index in [1.165, 1.54) is 5.56 Å². The van der Waals surface area contributed by atoms with Gasteiger partial charge in [-0.2, -0.15) is 5.10 Å². The van der Waals surface area contributed by atoms with Gasteiger partial charge in [0, 0.05) is 43.7 Å². The van der Waals surface area contributed by atoms with Crippen LogP contribution >= 0.6 is 0 Å². The van der Waals surface area contributed by atoms with Crippen LogP contribution in [0.5, 0.6) is 0 Å². The van der Waals surface area contributed by atoms with Gasteiger partial charge in [-0.05, 0) is 44.4 Å². The van der Waals surface area contributed by atoms with E-state index in [9.17, 15) is 4.79 Å². The lowest BCUT2D eigenvalue weighted by Crippen LogP contribution is -2.47. The first kappa shape index (κ1) is 22.5. The lowest BCUT2D eigenvalue weighted by Gasteiger charge is -2.30. The first-order valence-corrected chi connectivity index (χ1v) is 10.6. The van der Waals surface area contributed by atoms with E-state index in [1.54, 1.807) is 24.0 Å². The Morgan fingerprint density at radius 2 is 2.13 bits per heavy atom. The molecule has 1 saturated carbocycles. The minimum absolute atomic E-state index is 0.0956. The normalized spacial score (nSPS) is 19.6. The lowest BCUT2D eigenvalue weighted by atomic mass is 10.1. The monoisotopic (exact) mass is 420 g/mol. The summed E-state index contributed by atoms with van der Waals surface area (Å²) in [5.41, 5.74) is 9.29. The molecule has 1 amide bonds. The molecular formula is C24H32N6O. The maximum atomic E-state index is 12.8. The first-order valence-electron chi connectivity index (χ1n) is 10.6. The van der Waals surface area contributed by atoms with Crippen molar-refractivity contribution < 1.29 is 4.79 Å². The second-order valence-electron chi connectivity index (χ2n) is 8.18. The van der Waals surface area contributed by atoms with Crippen LogP contribution in [-0.2, 0) is 18.4 Å². The fourth-order valence-corrected chi connectivity index (χ4v) is 3.92. The topological polar surface area (TPSA) is 88.5 Å². The Hall–Kier alpha value is -3.19. The van der Waals surface area contributed by atoms with Crippen molar-refractivity contribution in [1.82, 2.24) is 20.0 Å². The summed E-state index contributed by atoms with van der Waals surface area (Å²) in [6, 6.07) is 10.8. The van der Waals surface area contributed by atoms with Crippen molar-refractivity contribution in [2.24, 2.45) is 17.8 Å². The highest BCUT2D eigenvalue weighted by Gasteiger charge is 2.31. The Morgan fingerprint density at radius 3 is 2.81 bits per heavy atom. The Labute approximate surface area is 184 Å². The zero-order valence-electron chi connectivity index (χ0n) is 18.6. The van der Waals surface area contributed by atoms with E-state index in [2.05, 4.69) is 58.2 Å². The lowest BCUT2D eigenvalue weighted by molar-refractivity contribution is -0.118. The molecule has 1 aromatic heterocycles. The maximum absolute atomic E-state index is 12.8. The fraction of sp³-hybridized carbons (Fsp3) is 0.375. The van der Waals surface area contributed by atoms with Gasteiger partial charge in [0.05, 0.1) is 11.8 Å². The van der Waals surface area contributed by atoms with Gasteiger partial charge in [0.15, 0.2) is 0 Å². The molecule has 0 spiro atoms. The number of likely N-dealkylation sites (N-methyl/N-ethyl adjacent to an activating group) is 1. The molecule has 3 N–H and O–H groups in total. The van der Waals surface area contributed by atoms with Crippen LogP contribution in [0.15, 0.2) is 65.7 Å². The average molecular weight is 421 g/mol. The molecule has 7 nitrogen and oxygen atoms in total. The zero-order valence-corrected chi connectivity index (χ0v) is 18.6. The first-order chi connectivity index (χ1) is 14.8. The number of aryl methyl sites for hydroxylation is 1. The number of nitrogens with one attached hydrogen (secondary N) is 1. The Kier molecular flexibility index (Phi) is 7.41. The number of nitrogens with two attached hydrogens (primary N) is 1. The Bertz CT molecular complexity index is 975. The molecule has 7 heteroatoms. The summed E-state index contributed by atoms with van der Waals surface area (Å²) in [6.07, 6.45) is 8.24. The number of hydrogen-bond donors (Lipinski definition) is 2. The van der Waals surface area contributed by atoms with E-state index in [0.717, 1.165) is 31.4 Å². The van der Waals surface area contributed by atoms with Crippen LogP contribution in [-0.4, -0.2) is 45.9 Å². The summed E-state index contributed by atoms with van der Waals surface area (Å²) < 4.78 is 1.69. The van der Waals surface area contributed by atoms with Crippen molar-refractivity contribution in [3.63, 3.8) is 0 Å². The molecule has 0 saturated heterocycles. The number of benzene rings is 1. The molecule has 1 unspecified atom stereocenters. The minimum atomic E-state index is -0.174. The second-order valence-corrected chi connectivity index (χ2v) is 8.18. The van der Waals surface area contributed by atoms with Gasteiger partial charge in [0.25, 0.3) is 5.91 Å². The second kappa shape index (κ2) is 10.2. The zero-order chi connectivity index (χ0) is 22.4. The summed E-state index contributed by atoms with van der Waals surface area (Å²) in [5.74, 6) is 0.0152. The molecule has 0 bridgehead atoms. The predicted octanol–water partition coefficient (Wildman–Crippen LogP) is 2.86. The summed E-state index contributed by atoms with van der Waals surface area (Å²) in [6.45, 7) is 6.53. The van der Waals surface area contributed by atoms with Gasteiger partial charge in [-0.1, -0.05) is 36.9 Å². The molecule has 0 aliphatic heterocycles. The van der Waals surface area contributed by atoms with Gasteiger partial charge in [0.2, 0.25) is 0 Å². The summed E-state index contributed by atoms with van der Waals surface area (Å²) in [4.78, 5) is 19.4. The van der Waals surface area contributed by atoms with Gasteiger partial charge in [-0.15, -0.1) is 0 Å². The highest BCUT2D eigenvalue weighted by molar-refractivity contribution is 6.09. The summed E-state index contributed by atoms with van der Waals surface area (Å²) in [7, 11) is 3.96. The highest BCUT2D eigenvalue weighted by Crippen LogP contribution is 2.25. The van der Waals surface area contributed by atoms with Crippen LogP contribution < -0.4 is 11.1 Å². The predicted molar refractivity (Wildman–Crippen MR) is 125 cm³/mol. The largest absolute Gasteiger partial charge is 0.383 e. The molecule has 0 radical (unpaired) electrons. The van der Waals surface area contributed by atoms with Crippen molar-refractivity contribution in [3.05, 3.63) is 71.8 Å². The molecule has 3 rings (SSSR count). The standard InChI is InChI=1S/C24H32N6O/c1-17(20-14-27-30(4)16-20)13-26-23(25)18(2)24(31)28-21-11-8-12-22(21)29(3)15-19-9-6-5-7-10-19/h5-7,9-10,13-14,16,21-22H,1,8,11-12,15,25H2,2-4H3,(H,28,31)/b23-18+,26-13?/t21-,22?/m0/s1. The smallest absolute Gasteiger partial charge is 0.250 e. The average Bonchev–Trinajstić information content (AvgIpc) is 3.40. The maximum Gasteiger partial charge on any atom is 0.250 e. The number of rotatable bonds is 8. The number of aliphatic imine (C=N–C) groups is 1. The third kappa shape index (κ3) is 5.92. The molecule has 1 aliphatic carbocycles. The fourth-order valence-electron chi connectivity index (χ4n) is 3.92. The number of carbonyl (C=O) groups is 1. The molecule has 164 valence electrons. The SMILES string of the molecule is C=C(C=N/C(N)=C(\C)C(=O)N[C@H]1CCCC1N(C)Cc1ccccc1)c1cnn(C)c1. The van der Waals surface area contributed by atoms with Crippen molar-refractivity contribution in [3.8, 4) is 0 Å². The van der Waals surface area contributed by atoms with Crippen LogP contribution in [0.25, 0.3) is 5.57 Å². The Morgan fingerprint density at radius 1 is 1.39 bits per heavy atom. The number of nitrogens with zero attached hydrogens (tertiary/aromatic N) is 4. The van der Waals surface area contributed by atoms with Gasteiger partial charge in [-0.25, -0.2) is 4.99 Å². The van der Waals surface area contributed by atoms with Gasteiger partial charge < -0.3 is 11.1 Å². The number of carbonyl (C=O) groups excluding carboxylic acids is 1. The molecular weight excluding hydrogens is 388 g/mol. The van der Waals surface area contributed by atoms with Crippen LogP contribution in [0, 0.1) is 0 Å². The van der Waals surface area contributed by atoms with E-state index < -0.39 is 0 Å². The quantitative estimate of drug-likeness (QED) is 0.508. The number of hydrogen-bond acceptors (Lipinski definition) is 5. The van der Waals surface area contributed by atoms with Crippen LogP contribution in [0.3, 0.4) is 0 Å². The van der Waals surface area contributed by atoms with Crippen molar-refractivity contribution in [2.75, 3.05) is 7.05 Å². The van der Waals surface area contributed by atoms with Crippen LogP contribution in [0.1, 0.15) is 37.3 Å². The van der Waals surface area contributed by atoms with Gasteiger partial charge >= 0.3 is 0 Å². The molecule has 1 fully saturated rings. The van der Waals surface area contributed by atoms with E-state index in [0.29, 0.717) is 17.2 Å². The summed E-state index contributed by atoms with van der Waals surface area (Å²) >= 11 is 0. The van der Waals surface area contributed by atoms with Crippen molar-refractivity contribution in [1.29, 1.82) is 0 Å². The van der Waals surface area contributed by atoms with Crippen LogP contribution in [0.2, 0.25) is 0 Å². The molecule has 2 atom stereocenters. The number of aromatic nitrogens is 2. The van der Waals surface area contributed by atoms with Crippen LogP contribution in [0.4, 0.5) is 0 Å². The molecule has 1 aliphatic rings. The van der Waals surface area contributed by atoms with E-state index in [1.807, 2.05) is 19.3 Å². The minimum Gasteiger partial charge on any atom is -0.383 e. The summed E-state index contributed by atoms with van der Waals surface area (Å²) in [5, 5.41) is 7.29. The molecule has 1 heterocycles. The Balaban J connectivity index is 1.60. The molecule has 31 heavy (non-hydrogen) atoms.